The number of halogens is 1. The highest BCUT2D eigenvalue weighted by Gasteiger charge is 2.00. The Bertz CT molecular complexity index is 403. The molecule has 1 aromatic heterocycles. The molecule has 2 nitrogen and oxygen atoms in total. The molecule has 0 amide bonds. The van der Waals surface area contributed by atoms with Gasteiger partial charge in [0.1, 0.15) is 0 Å². The molecule has 0 unspecified atom stereocenters. The van der Waals surface area contributed by atoms with E-state index < -0.39 is 0 Å². The standard InChI is InChI=1S/C10H12N2.BI.H2/c1-7(2)8-3-4-9-10(5-8)12-6-11-9;1-2;/h3-7H,1-2H3,(H,11,12);;1H. The number of aromatic nitrogens is 2. The first-order chi connectivity index (χ1) is 6.77. The van der Waals surface area contributed by atoms with Crippen molar-refractivity contribution in [1.29, 1.82) is 0 Å². The van der Waals surface area contributed by atoms with Crippen molar-refractivity contribution in [1.82, 2.24) is 9.97 Å². The second kappa shape index (κ2) is 5.39. The first-order valence-corrected chi connectivity index (χ1v) is 5.67. The molecule has 14 heavy (non-hydrogen) atoms. The zero-order chi connectivity index (χ0) is 10.6. The lowest BCUT2D eigenvalue weighted by molar-refractivity contribution is 0.868. The molecule has 0 fully saturated rings. The van der Waals surface area contributed by atoms with Gasteiger partial charge in [-0.25, -0.2) is 4.98 Å². The van der Waals surface area contributed by atoms with E-state index >= 15 is 0 Å². The summed E-state index contributed by atoms with van der Waals surface area (Å²) < 4.78 is 0. The van der Waals surface area contributed by atoms with Crippen molar-refractivity contribution >= 4 is 39.1 Å². The van der Waals surface area contributed by atoms with Gasteiger partial charge in [-0.2, -0.15) is 22.4 Å². The number of H-pyrrole nitrogens is 1. The molecule has 0 bridgehead atoms. The molecule has 74 valence electrons. The van der Waals surface area contributed by atoms with Crippen LogP contribution in [0.4, 0.5) is 0 Å². The summed E-state index contributed by atoms with van der Waals surface area (Å²) >= 11 is 1.65. The largest absolute Gasteiger partial charge is 0.345 e. The molecule has 1 heterocycles. The van der Waals surface area contributed by atoms with Gasteiger partial charge in [-0.3, -0.25) is 0 Å². The highest BCUT2D eigenvalue weighted by Crippen LogP contribution is 2.18. The summed E-state index contributed by atoms with van der Waals surface area (Å²) in [5.74, 6) is 0.581. The monoisotopic (exact) mass is 300 g/mol. The van der Waals surface area contributed by atoms with Crippen LogP contribution in [0.2, 0.25) is 0 Å². The van der Waals surface area contributed by atoms with Crippen LogP contribution in [-0.2, 0) is 0 Å². The minimum absolute atomic E-state index is 0. The van der Waals surface area contributed by atoms with E-state index in [1.54, 1.807) is 28.7 Å². The van der Waals surface area contributed by atoms with Gasteiger partial charge in [0.25, 0.3) is 0 Å². The number of aromatic amines is 1. The lowest BCUT2D eigenvalue weighted by Gasteiger charge is -2.03. The van der Waals surface area contributed by atoms with E-state index in [1.807, 2.05) is 0 Å². The first-order valence-electron chi connectivity index (χ1n) is 4.42. The van der Waals surface area contributed by atoms with E-state index in [9.17, 15) is 0 Å². The molecule has 1 aromatic carbocycles. The average molecular weight is 300 g/mol. The molecule has 0 spiro atoms. The van der Waals surface area contributed by atoms with Crippen molar-refractivity contribution in [3.63, 3.8) is 0 Å². The Balaban J connectivity index is 0.000000617. The Morgan fingerprint density at radius 2 is 2.14 bits per heavy atom. The third-order valence-electron chi connectivity index (χ3n) is 2.11. The minimum Gasteiger partial charge on any atom is -0.345 e. The van der Waals surface area contributed by atoms with Crippen LogP contribution in [0, 0.1) is 0 Å². The van der Waals surface area contributed by atoms with Crippen LogP contribution in [0.25, 0.3) is 11.0 Å². The van der Waals surface area contributed by atoms with Gasteiger partial charge in [0.2, 0.25) is 0 Å². The summed E-state index contributed by atoms with van der Waals surface area (Å²) in [6.07, 6.45) is 1.73. The van der Waals surface area contributed by atoms with Gasteiger partial charge in [0.05, 0.1) is 17.4 Å². The third-order valence-corrected chi connectivity index (χ3v) is 2.11. The molecular formula is C10H14BIN2. The van der Waals surface area contributed by atoms with Crippen LogP contribution in [0.1, 0.15) is 26.8 Å². The summed E-state index contributed by atoms with van der Waals surface area (Å²) in [7, 11) is 0. The Morgan fingerprint density at radius 3 is 2.79 bits per heavy atom. The number of hydrogen-bond donors (Lipinski definition) is 1. The maximum Gasteiger partial charge on any atom is 0.169 e. The number of benzene rings is 1. The molecular weight excluding hydrogens is 286 g/mol. The predicted molar refractivity (Wildman–Crippen MR) is 72.1 cm³/mol. The number of imidazole rings is 1. The molecule has 2 rings (SSSR count). The second-order valence-electron chi connectivity index (χ2n) is 3.33. The Hall–Kier alpha value is -0.515. The van der Waals surface area contributed by atoms with Crippen LogP contribution < -0.4 is 0 Å². The van der Waals surface area contributed by atoms with E-state index in [-0.39, 0.29) is 1.43 Å². The van der Waals surface area contributed by atoms with E-state index in [0.29, 0.717) is 5.92 Å². The van der Waals surface area contributed by atoms with Gasteiger partial charge in [0.15, 0.2) is 5.70 Å². The van der Waals surface area contributed by atoms with Crippen molar-refractivity contribution in [3.05, 3.63) is 30.1 Å². The van der Waals surface area contributed by atoms with Crippen LogP contribution in [0.15, 0.2) is 24.5 Å². The van der Waals surface area contributed by atoms with Gasteiger partial charge in [-0.05, 0) is 23.6 Å². The number of rotatable bonds is 1. The molecule has 1 N–H and O–H groups in total. The zero-order valence-corrected chi connectivity index (χ0v) is 10.4. The second-order valence-corrected chi connectivity index (χ2v) is 3.33. The van der Waals surface area contributed by atoms with Crippen molar-refractivity contribution in [3.8, 4) is 0 Å². The number of nitrogens with zero attached hydrogens (tertiary/aromatic N) is 1. The van der Waals surface area contributed by atoms with E-state index in [4.69, 9.17) is 0 Å². The molecule has 0 aliphatic heterocycles. The number of nitrogens with one attached hydrogen (secondary N) is 1. The maximum absolute atomic E-state index is 4.47. The van der Waals surface area contributed by atoms with Crippen molar-refractivity contribution < 1.29 is 1.43 Å². The van der Waals surface area contributed by atoms with E-state index in [0.717, 1.165) is 11.0 Å². The highest BCUT2D eigenvalue weighted by molar-refractivity contribution is 14.1. The molecule has 0 saturated heterocycles. The zero-order valence-electron chi connectivity index (χ0n) is 8.29. The number of hydrogen-bond acceptors (Lipinski definition) is 1. The van der Waals surface area contributed by atoms with Crippen LogP contribution >= 0.6 is 22.4 Å². The summed E-state index contributed by atoms with van der Waals surface area (Å²) in [6.45, 7) is 4.38. The molecule has 0 saturated carbocycles. The highest BCUT2D eigenvalue weighted by atomic mass is 127. The van der Waals surface area contributed by atoms with E-state index in [2.05, 4.69) is 47.7 Å². The Morgan fingerprint density at radius 1 is 1.43 bits per heavy atom. The number of fused-ring (bicyclic) bond motifs is 1. The summed E-state index contributed by atoms with van der Waals surface area (Å²) in [4.78, 5) is 7.27. The minimum atomic E-state index is 0. The van der Waals surface area contributed by atoms with Crippen LogP contribution in [0.5, 0.6) is 0 Å². The quantitative estimate of drug-likeness (QED) is 0.634. The molecule has 0 aliphatic rings. The van der Waals surface area contributed by atoms with Crippen LogP contribution in [0.3, 0.4) is 0 Å². The summed E-state index contributed by atoms with van der Waals surface area (Å²) in [5, 5.41) is 0. The summed E-state index contributed by atoms with van der Waals surface area (Å²) in [5.41, 5.74) is 7.99. The lowest BCUT2D eigenvalue weighted by atomic mass is 10.0. The van der Waals surface area contributed by atoms with Gasteiger partial charge in [0, 0.05) is 1.43 Å². The van der Waals surface area contributed by atoms with Crippen molar-refractivity contribution in [2.24, 2.45) is 0 Å². The average Bonchev–Trinajstić information content (AvgIpc) is 2.67. The van der Waals surface area contributed by atoms with Crippen LogP contribution in [-0.4, -0.2) is 15.7 Å². The molecule has 2 radical (unpaired) electrons. The molecule has 4 heteroatoms. The fourth-order valence-electron chi connectivity index (χ4n) is 1.31. The fourth-order valence-corrected chi connectivity index (χ4v) is 1.31. The normalized spacial score (nSPS) is 10.0. The smallest absolute Gasteiger partial charge is 0.169 e. The maximum atomic E-state index is 4.47. The Kier molecular flexibility index (Phi) is 4.45. The molecule has 0 atom stereocenters. The molecule has 2 aromatic rings. The third kappa shape index (κ3) is 2.50. The van der Waals surface area contributed by atoms with E-state index in [1.165, 1.54) is 5.56 Å². The van der Waals surface area contributed by atoms with Gasteiger partial charge >= 0.3 is 0 Å². The first kappa shape index (κ1) is 11.6. The van der Waals surface area contributed by atoms with Crippen molar-refractivity contribution in [2.45, 2.75) is 19.8 Å². The van der Waals surface area contributed by atoms with Gasteiger partial charge in [-0.1, -0.05) is 19.9 Å². The predicted octanol–water partition coefficient (Wildman–Crippen LogP) is 3.44. The fraction of sp³-hybridized carbons (Fsp3) is 0.300. The Labute approximate surface area is 100 Å². The topological polar surface area (TPSA) is 28.7 Å². The summed E-state index contributed by atoms with van der Waals surface area (Å²) in [6, 6.07) is 6.35. The van der Waals surface area contributed by atoms with Crippen molar-refractivity contribution in [2.75, 3.05) is 0 Å². The van der Waals surface area contributed by atoms with Gasteiger partial charge in [-0.15, -0.1) is 0 Å². The SMILES string of the molecule is CC(C)c1ccc2nc[nH]c2c1.[B]I.[HH]. The van der Waals surface area contributed by atoms with Gasteiger partial charge < -0.3 is 4.98 Å². The molecule has 0 aliphatic carbocycles. The lowest BCUT2D eigenvalue weighted by Crippen LogP contribution is -1.85.